The van der Waals surface area contributed by atoms with Crippen LogP contribution >= 0.6 is 0 Å². The van der Waals surface area contributed by atoms with Crippen LogP contribution in [0.4, 0.5) is 0 Å². The normalized spacial score (nSPS) is 15.6. The van der Waals surface area contributed by atoms with Crippen molar-refractivity contribution < 1.29 is 14.2 Å². The second-order valence-corrected chi connectivity index (χ2v) is 9.38. The Balaban J connectivity index is 1.84. The van der Waals surface area contributed by atoms with E-state index in [1.54, 1.807) is 14.2 Å². The van der Waals surface area contributed by atoms with E-state index in [0.717, 1.165) is 33.8 Å². The van der Waals surface area contributed by atoms with Crippen molar-refractivity contribution in [2.45, 2.75) is 44.3 Å². The van der Waals surface area contributed by atoms with E-state index in [2.05, 4.69) is 47.2 Å². The molecule has 1 spiro atoms. The highest BCUT2D eigenvalue weighted by Crippen LogP contribution is 2.50. The van der Waals surface area contributed by atoms with E-state index >= 15 is 0 Å². The first-order chi connectivity index (χ1) is 15.6. The van der Waals surface area contributed by atoms with Gasteiger partial charge in [-0.25, -0.2) is 0 Å². The van der Waals surface area contributed by atoms with Gasteiger partial charge in [0.1, 0.15) is 22.7 Å². The number of hydrogen-bond donors (Lipinski definition) is 2. The van der Waals surface area contributed by atoms with Crippen LogP contribution in [0.2, 0.25) is 0 Å². The lowest BCUT2D eigenvalue weighted by molar-refractivity contribution is 0.0739. The first-order valence-corrected chi connectivity index (χ1v) is 10.9. The maximum Gasteiger partial charge on any atom is 0.132 e. The molecule has 0 radical (unpaired) electrons. The SMILES string of the molecule is COC(C)(C)C#Cc1ccc2c(c1)C1(C=C(N)NC1)c1cc(C#CC(C)(C)OC)ccc1O2. The number of methoxy groups -OCH3 is 2. The van der Waals surface area contributed by atoms with Crippen molar-refractivity contribution >= 4 is 0 Å². The Bertz CT molecular complexity index is 1170. The molecular weight excluding hydrogens is 412 g/mol. The molecule has 2 heterocycles. The van der Waals surface area contributed by atoms with E-state index in [4.69, 9.17) is 19.9 Å². The van der Waals surface area contributed by atoms with E-state index in [1.807, 2.05) is 52.0 Å². The summed E-state index contributed by atoms with van der Waals surface area (Å²) >= 11 is 0. The van der Waals surface area contributed by atoms with Crippen LogP contribution in [0, 0.1) is 23.7 Å². The molecule has 0 amide bonds. The highest BCUT2D eigenvalue weighted by molar-refractivity contribution is 5.65. The van der Waals surface area contributed by atoms with Gasteiger partial charge in [-0.05, 0) is 70.2 Å². The van der Waals surface area contributed by atoms with E-state index in [-0.39, 0.29) is 0 Å². The summed E-state index contributed by atoms with van der Waals surface area (Å²) in [7, 11) is 3.32. The van der Waals surface area contributed by atoms with Crippen LogP contribution in [-0.4, -0.2) is 32.0 Å². The van der Waals surface area contributed by atoms with Gasteiger partial charge < -0.3 is 25.3 Å². The Labute approximate surface area is 196 Å². The molecule has 5 heteroatoms. The monoisotopic (exact) mass is 442 g/mol. The molecule has 2 aromatic carbocycles. The van der Waals surface area contributed by atoms with Gasteiger partial charge in [0, 0.05) is 43.0 Å². The number of benzene rings is 2. The lowest BCUT2D eigenvalue weighted by Crippen LogP contribution is -2.34. The van der Waals surface area contributed by atoms with Crippen molar-refractivity contribution in [3.63, 3.8) is 0 Å². The molecule has 0 aromatic heterocycles. The fourth-order valence-corrected chi connectivity index (χ4v) is 3.86. The fraction of sp³-hybridized carbons (Fsp3) is 0.357. The summed E-state index contributed by atoms with van der Waals surface area (Å²) in [5, 5.41) is 3.30. The van der Waals surface area contributed by atoms with E-state index in [0.29, 0.717) is 12.4 Å². The predicted molar refractivity (Wildman–Crippen MR) is 130 cm³/mol. The Morgan fingerprint density at radius 2 is 1.36 bits per heavy atom. The Morgan fingerprint density at radius 3 is 1.76 bits per heavy atom. The molecular formula is C28H30N2O3. The summed E-state index contributed by atoms with van der Waals surface area (Å²) in [6, 6.07) is 12.1. The van der Waals surface area contributed by atoms with Gasteiger partial charge in [0.15, 0.2) is 0 Å². The average molecular weight is 443 g/mol. The zero-order valence-electron chi connectivity index (χ0n) is 20.1. The van der Waals surface area contributed by atoms with Crippen molar-refractivity contribution in [3.05, 3.63) is 70.5 Å². The van der Waals surface area contributed by atoms with Gasteiger partial charge in [0.05, 0.1) is 11.2 Å². The molecule has 0 bridgehead atoms. The molecule has 0 atom stereocenters. The van der Waals surface area contributed by atoms with Crippen molar-refractivity contribution in [1.29, 1.82) is 0 Å². The van der Waals surface area contributed by atoms with Crippen LogP contribution in [0.1, 0.15) is 49.9 Å². The number of nitrogens with two attached hydrogens (primary N) is 1. The standard InChI is InChI=1S/C28H30N2O3/c1-26(2,31-5)13-11-19-7-9-23-21(15-19)28(17-25(29)30-18-28)22-16-20(8-10-24(22)33-23)12-14-27(3,4)32-6/h7-10,15-17,30H,18,29H2,1-6H3. The number of rotatable bonds is 2. The smallest absolute Gasteiger partial charge is 0.132 e. The lowest BCUT2D eigenvalue weighted by atomic mass is 9.72. The highest BCUT2D eigenvalue weighted by Gasteiger charge is 2.44. The molecule has 3 N–H and O–H groups in total. The van der Waals surface area contributed by atoms with Gasteiger partial charge in [-0.1, -0.05) is 23.7 Å². The molecule has 0 fully saturated rings. The molecule has 5 nitrogen and oxygen atoms in total. The quantitative estimate of drug-likeness (QED) is 0.688. The largest absolute Gasteiger partial charge is 0.457 e. The Kier molecular flexibility index (Phi) is 5.66. The Hall–Kier alpha value is -3.38. The van der Waals surface area contributed by atoms with Gasteiger partial charge >= 0.3 is 0 Å². The lowest BCUT2D eigenvalue weighted by Gasteiger charge is -2.35. The summed E-state index contributed by atoms with van der Waals surface area (Å²) in [5.41, 5.74) is 8.51. The average Bonchev–Trinajstić information content (AvgIpc) is 3.19. The minimum atomic E-state index is -0.528. The minimum absolute atomic E-state index is 0.476. The number of nitrogens with one attached hydrogen (secondary N) is 1. The predicted octanol–water partition coefficient (Wildman–Crippen LogP) is 4.03. The van der Waals surface area contributed by atoms with E-state index < -0.39 is 16.6 Å². The molecule has 0 saturated heterocycles. The molecule has 33 heavy (non-hydrogen) atoms. The molecule has 4 rings (SSSR count). The van der Waals surface area contributed by atoms with Crippen LogP contribution < -0.4 is 15.8 Å². The maximum absolute atomic E-state index is 6.30. The number of ether oxygens (including phenoxy) is 3. The molecule has 0 aliphatic carbocycles. The second-order valence-electron chi connectivity index (χ2n) is 9.38. The molecule has 0 unspecified atom stereocenters. The zero-order valence-corrected chi connectivity index (χ0v) is 20.1. The first-order valence-electron chi connectivity index (χ1n) is 10.9. The third-order valence-electron chi connectivity index (χ3n) is 6.15. The maximum atomic E-state index is 6.30. The Morgan fingerprint density at radius 1 is 0.879 bits per heavy atom. The van der Waals surface area contributed by atoms with Crippen LogP contribution in [0.5, 0.6) is 11.5 Å². The first kappa shape index (κ1) is 22.8. The summed E-state index contributed by atoms with van der Waals surface area (Å²) in [6.07, 6.45) is 2.07. The van der Waals surface area contributed by atoms with Crippen molar-refractivity contribution in [3.8, 4) is 35.2 Å². The molecule has 0 saturated carbocycles. The molecule has 2 aliphatic heterocycles. The molecule has 170 valence electrons. The third kappa shape index (κ3) is 4.44. The summed E-state index contributed by atoms with van der Waals surface area (Å²) in [5.74, 6) is 15.1. The highest BCUT2D eigenvalue weighted by atomic mass is 16.5. The van der Waals surface area contributed by atoms with Gasteiger partial charge in [0.2, 0.25) is 0 Å². The fourth-order valence-electron chi connectivity index (χ4n) is 3.86. The summed E-state index contributed by atoms with van der Waals surface area (Å²) < 4.78 is 17.2. The van der Waals surface area contributed by atoms with E-state index in [1.165, 1.54) is 0 Å². The van der Waals surface area contributed by atoms with E-state index in [9.17, 15) is 0 Å². The van der Waals surface area contributed by atoms with Gasteiger partial charge in [-0.15, -0.1) is 0 Å². The third-order valence-corrected chi connectivity index (χ3v) is 6.15. The van der Waals surface area contributed by atoms with Crippen molar-refractivity contribution in [2.24, 2.45) is 5.73 Å². The number of hydrogen-bond acceptors (Lipinski definition) is 5. The zero-order chi connectivity index (χ0) is 23.9. The van der Waals surface area contributed by atoms with Crippen LogP contribution in [0.15, 0.2) is 48.3 Å². The van der Waals surface area contributed by atoms with Crippen LogP contribution in [0.3, 0.4) is 0 Å². The topological polar surface area (TPSA) is 65.7 Å². The van der Waals surface area contributed by atoms with Crippen LogP contribution in [-0.2, 0) is 14.9 Å². The molecule has 2 aromatic rings. The van der Waals surface area contributed by atoms with Gasteiger partial charge in [-0.2, -0.15) is 0 Å². The van der Waals surface area contributed by atoms with Crippen molar-refractivity contribution in [1.82, 2.24) is 5.32 Å². The van der Waals surface area contributed by atoms with Gasteiger partial charge in [0.25, 0.3) is 0 Å². The minimum Gasteiger partial charge on any atom is -0.457 e. The number of fused-ring (bicyclic) bond motifs is 4. The summed E-state index contributed by atoms with van der Waals surface area (Å²) in [6.45, 7) is 8.39. The van der Waals surface area contributed by atoms with Gasteiger partial charge in [-0.3, -0.25) is 0 Å². The van der Waals surface area contributed by atoms with Crippen LogP contribution in [0.25, 0.3) is 0 Å². The van der Waals surface area contributed by atoms with Crippen molar-refractivity contribution in [2.75, 3.05) is 20.8 Å². The second kappa shape index (κ2) is 8.19. The molecule has 2 aliphatic rings. The summed E-state index contributed by atoms with van der Waals surface area (Å²) in [4.78, 5) is 0.